The van der Waals surface area contributed by atoms with E-state index in [1.165, 1.54) is 0 Å². The van der Waals surface area contributed by atoms with E-state index >= 15 is 0 Å². The molecule has 1 heterocycles. The zero-order valence-electron chi connectivity index (χ0n) is 10.4. The Bertz CT molecular complexity index is 582. The Balaban J connectivity index is 2.20. The van der Waals surface area contributed by atoms with Crippen molar-refractivity contribution in [2.45, 2.75) is 13.5 Å². The first kappa shape index (κ1) is 12.1. The van der Waals surface area contributed by atoms with Crippen LogP contribution in [0.3, 0.4) is 0 Å². The molecular weight excluding hydrogens is 228 g/mol. The molecule has 4 heteroatoms. The van der Waals surface area contributed by atoms with Gasteiger partial charge in [-0.2, -0.15) is 5.26 Å². The maximum Gasteiger partial charge on any atom is 0.143 e. The van der Waals surface area contributed by atoms with Crippen molar-refractivity contribution in [2.24, 2.45) is 0 Å². The molecule has 0 spiro atoms. The third-order valence-corrected chi connectivity index (χ3v) is 2.60. The van der Waals surface area contributed by atoms with Crippen LogP contribution >= 0.6 is 0 Å². The second kappa shape index (κ2) is 5.28. The van der Waals surface area contributed by atoms with E-state index in [1.807, 2.05) is 25.1 Å². The van der Waals surface area contributed by atoms with E-state index in [0.29, 0.717) is 23.5 Å². The summed E-state index contributed by atoms with van der Waals surface area (Å²) in [6, 6.07) is 11.3. The first-order chi connectivity index (χ1) is 8.74. The predicted octanol–water partition coefficient (Wildman–Crippen LogP) is 3.08. The summed E-state index contributed by atoms with van der Waals surface area (Å²) in [5, 5.41) is 12.2. The molecule has 1 aromatic heterocycles. The van der Waals surface area contributed by atoms with Gasteiger partial charge in [0.15, 0.2) is 0 Å². The van der Waals surface area contributed by atoms with Gasteiger partial charge in [0.05, 0.1) is 24.9 Å². The lowest BCUT2D eigenvalue weighted by molar-refractivity contribution is 0.416. The highest BCUT2D eigenvalue weighted by atomic mass is 16.5. The van der Waals surface area contributed by atoms with Crippen LogP contribution in [-0.4, -0.2) is 7.11 Å². The lowest BCUT2D eigenvalue weighted by Crippen LogP contribution is -2.02. The standard InChI is InChI=1S/C14H14N2O2/c1-10-6-7-12(18-10)9-16-14-11(8-15)4-3-5-13(14)17-2/h3-7,16H,9H2,1-2H3. The van der Waals surface area contributed by atoms with Crippen LogP contribution in [0, 0.1) is 18.3 Å². The number of ether oxygens (including phenoxy) is 1. The highest BCUT2D eigenvalue weighted by Gasteiger charge is 2.09. The quantitative estimate of drug-likeness (QED) is 0.895. The van der Waals surface area contributed by atoms with Crippen molar-refractivity contribution in [3.05, 3.63) is 47.4 Å². The van der Waals surface area contributed by atoms with E-state index in [2.05, 4.69) is 11.4 Å². The molecule has 18 heavy (non-hydrogen) atoms. The topological polar surface area (TPSA) is 58.2 Å². The Hall–Kier alpha value is -2.41. The number of anilines is 1. The van der Waals surface area contributed by atoms with Gasteiger partial charge >= 0.3 is 0 Å². The highest BCUT2D eigenvalue weighted by Crippen LogP contribution is 2.28. The van der Waals surface area contributed by atoms with Crippen LogP contribution in [0.1, 0.15) is 17.1 Å². The Labute approximate surface area is 106 Å². The van der Waals surface area contributed by atoms with Crippen molar-refractivity contribution in [2.75, 3.05) is 12.4 Å². The molecular formula is C14H14N2O2. The van der Waals surface area contributed by atoms with Gasteiger partial charge in [-0.1, -0.05) is 6.07 Å². The first-order valence-corrected chi connectivity index (χ1v) is 5.61. The Morgan fingerprint density at radius 3 is 2.78 bits per heavy atom. The molecule has 0 radical (unpaired) electrons. The number of nitriles is 1. The number of furan rings is 1. The lowest BCUT2D eigenvalue weighted by Gasteiger charge is -2.11. The normalized spacial score (nSPS) is 9.83. The molecule has 0 fully saturated rings. The number of aryl methyl sites for hydroxylation is 1. The largest absolute Gasteiger partial charge is 0.495 e. The molecule has 2 rings (SSSR count). The van der Waals surface area contributed by atoms with Crippen LogP contribution in [0.5, 0.6) is 5.75 Å². The summed E-state index contributed by atoms with van der Waals surface area (Å²) >= 11 is 0. The minimum atomic E-state index is 0.517. The molecule has 0 aliphatic carbocycles. The fourth-order valence-corrected chi connectivity index (χ4v) is 1.73. The summed E-state index contributed by atoms with van der Waals surface area (Å²) in [6.45, 7) is 2.41. The average molecular weight is 242 g/mol. The van der Waals surface area contributed by atoms with Gasteiger partial charge in [0.1, 0.15) is 23.3 Å². The SMILES string of the molecule is COc1cccc(C#N)c1NCc1ccc(C)o1. The monoisotopic (exact) mass is 242 g/mol. The van der Waals surface area contributed by atoms with Crippen LogP contribution in [0.15, 0.2) is 34.7 Å². The third kappa shape index (κ3) is 2.46. The van der Waals surface area contributed by atoms with Gasteiger partial charge < -0.3 is 14.5 Å². The van der Waals surface area contributed by atoms with E-state index in [0.717, 1.165) is 11.5 Å². The fraction of sp³-hybridized carbons (Fsp3) is 0.214. The maximum atomic E-state index is 9.07. The summed E-state index contributed by atoms with van der Waals surface area (Å²) in [4.78, 5) is 0. The summed E-state index contributed by atoms with van der Waals surface area (Å²) in [5.74, 6) is 2.34. The minimum Gasteiger partial charge on any atom is -0.495 e. The molecule has 0 saturated carbocycles. The maximum absolute atomic E-state index is 9.07. The summed E-state index contributed by atoms with van der Waals surface area (Å²) in [5.41, 5.74) is 1.24. The number of benzene rings is 1. The first-order valence-electron chi connectivity index (χ1n) is 5.61. The van der Waals surface area contributed by atoms with Crippen LogP contribution in [0.2, 0.25) is 0 Å². The van der Waals surface area contributed by atoms with Crippen LogP contribution in [0.4, 0.5) is 5.69 Å². The van der Waals surface area contributed by atoms with Crippen LogP contribution in [-0.2, 0) is 6.54 Å². The van der Waals surface area contributed by atoms with Gasteiger partial charge in [-0.15, -0.1) is 0 Å². The van der Waals surface area contributed by atoms with Crippen molar-refractivity contribution in [1.82, 2.24) is 0 Å². The summed E-state index contributed by atoms with van der Waals surface area (Å²) in [6.07, 6.45) is 0. The second-order valence-corrected chi connectivity index (χ2v) is 3.86. The van der Waals surface area contributed by atoms with Crippen molar-refractivity contribution in [1.29, 1.82) is 5.26 Å². The molecule has 0 atom stereocenters. The van der Waals surface area contributed by atoms with E-state index in [-0.39, 0.29) is 0 Å². The smallest absolute Gasteiger partial charge is 0.143 e. The molecule has 1 N–H and O–H groups in total. The second-order valence-electron chi connectivity index (χ2n) is 3.86. The number of para-hydroxylation sites is 1. The number of methoxy groups -OCH3 is 1. The Morgan fingerprint density at radius 1 is 1.33 bits per heavy atom. The van der Waals surface area contributed by atoms with Crippen molar-refractivity contribution < 1.29 is 9.15 Å². The van der Waals surface area contributed by atoms with E-state index in [9.17, 15) is 0 Å². The molecule has 0 saturated heterocycles. The average Bonchev–Trinajstić information content (AvgIpc) is 2.81. The third-order valence-electron chi connectivity index (χ3n) is 2.60. The zero-order chi connectivity index (χ0) is 13.0. The van der Waals surface area contributed by atoms with Crippen molar-refractivity contribution in [3.63, 3.8) is 0 Å². The van der Waals surface area contributed by atoms with E-state index < -0.39 is 0 Å². The molecule has 0 aliphatic heterocycles. The van der Waals surface area contributed by atoms with Gasteiger partial charge in [0.2, 0.25) is 0 Å². The number of hydrogen-bond donors (Lipinski definition) is 1. The van der Waals surface area contributed by atoms with Gasteiger partial charge in [-0.05, 0) is 31.2 Å². The zero-order valence-corrected chi connectivity index (χ0v) is 10.4. The van der Waals surface area contributed by atoms with Gasteiger partial charge in [-0.3, -0.25) is 0 Å². The molecule has 1 aromatic carbocycles. The van der Waals surface area contributed by atoms with Crippen LogP contribution in [0.25, 0.3) is 0 Å². The number of rotatable bonds is 4. The molecule has 0 amide bonds. The Morgan fingerprint density at radius 2 is 2.17 bits per heavy atom. The predicted molar refractivity (Wildman–Crippen MR) is 68.5 cm³/mol. The highest BCUT2D eigenvalue weighted by molar-refractivity contribution is 5.66. The lowest BCUT2D eigenvalue weighted by atomic mass is 10.1. The molecule has 0 bridgehead atoms. The summed E-state index contributed by atoms with van der Waals surface area (Å²) in [7, 11) is 1.58. The molecule has 2 aromatic rings. The minimum absolute atomic E-state index is 0.517. The number of nitrogens with zero attached hydrogens (tertiary/aromatic N) is 1. The van der Waals surface area contributed by atoms with Crippen molar-refractivity contribution in [3.8, 4) is 11.8 Å². The molecule has 0 aliphatic rings. The number of hydrogen-bond acceptors (Lipinski definition) is 4. The van der Waals surface area contributed by atoms with Crippen LogP contribution < -0.4 is 10.1 Å². The molecule has 4 nitrogen and oxygen atoms in total. The summed E-state index contributed by atoms with van der Waals surface area (Å²) < 4.78 is 10.7. The van der Waals surface area contributed by atoms with Gasteiger partial charge in [0.25, 0.3) is 0 Å². The Kier molecular flexibility index (Phi) is 3.54. The molecule has 0 unspecified atom stereocenters. The molecule has 92 valence electrons. The van der Waals surface area contributed by atoms with Gasteiger partial charge in [-0.25, -0.2) is 0 Å². The van der Waals surface area contributed by atoms with Crippen molar-refractivity contribution >= 4 is 5.69 Å². The fourth-order valence-electron chi connectivity index (χ4n) is 1.73. The van der Waals surface area contributed by atoms with E-state index in [1.54, 1.807) is 19.2 Å². The van der Waals surface area contributed by atoms with E-state index in [4.69, 9.17) is 14.4 Å². The van der Waals surface area contributed by atoms with Gasteiger partial charge in [0, 0.05) is 0 Å². The number of nitrogens with one attached hydrogen (secondary N) is 1.